The van der Waals surface area contributed by atoms with Gasteiger partial charge in [-0.05, 0) is 0 Å². The summed E-state index contributed by atoms with van der Waals surface area (Å²) in [6, 6.07) is 0. The lowest BCUT2D eigenvalue weighted by molar-refractivity contribution is 0.0866. The zero-order valence-corrected chi connectivity index (χ0v) is 6.07. The first-order valence-corrected chi connectivity index (χ1v) is 3.87. The van der Waals surface area contributed by atoms with Gasteiger partial charge in [0.1, 0.15) is 12.3 Å². The maximum absolute atomic E-state index is 3.28. The van der Waals surface area contributed by atoms with Gasteiger partial charge in [-0.3, -0.25) is 10.0 Å². The van der Waals surface area contributed by atoms with Gasteiger partial charge in [-0.1, -0.05) is 0 Å². The van der Waals surface area contributed by atoms with E-state index in [-0.39, 0.29) is 0 Å². The number of hydrogen-bond acceptors (Lipinski definition) is 4. The van der Waals surface area contributed by atoms with E-state index in [1.165, 1.54) is 0 Å². The van der Waals surface area contributed by atoms with E-state index in [0.29, 0.717) is 12.3 Å². The van der Waals surface area contributed by atoms with Crippen molar-refractivity contribution in [3.8, 4) is 0 Å². The molecule has 1 fully saturated rings. The SMILES string of the molecule is C1=CN2C(CC3NC=CN32)N1. The third-order valence-electron chi connectivity index (χ3n) is 2.38. The molecule has 0 aliphatic carbocycles. The number of rotatable bonds is 0. The van der Waals surface area contributed by atoms with Crippen molar-refractivity contribution < 1.29 is 0 Å². The van der Waals surface area contributed by atoms with Gasteiger partial charge < -0.3 is 10.6 Å². The quantitative estimate of drug-likeness (QED) is 0.497. The normalized spacial score (nSPS) is 37.1. The van der Waals surface area contributed by atoms with Crippen LogP contribution in [-0.2, 0) is 0 Å². The molecule has 4 nitrogen and oxygen atoms in total. The molecule has 2 N–H and O–H groups in total. The molecule has 3 rings (SSSR count). The molecular formula is C7H10N4. The monoisotopic (exact) mass is 150 g/mol. The molecule has 2 atom stereocenters. The Morgan fingerprint density at radius 2 is 1.55 bits per heavy atom. The summed E-state index contributed by atoms with van der Waals surface area (Å²) < 4.78 is 0. The molecule has 0 spiro atoms. The molecule has 58 valence electrons. The number of hydrogen-bond donors (Lipinski definition) is 2. The molecule has 4 heteroatoms. The Balaban J connectivity index is 1.94. The van der Waals surface area contributed by atoms with Crippen LogP contribution in [0.4, 0.5) is 0 Å². The summed E-state index contributed by atoms with van der Waals surface area (Å²) >= 11 is 0. The van der Waals surface area contributed by atoms with Gasteiger partial charge in [-0.2, -0.15) is 0 Å². The van der Waals surface area contributed by atoms with E-state index in [2.05, 4.69) is 33.1 Å². The molecule has 0 aromatic heterocycles. The zero-order chi connectivity index (χ0) is 7.26. The van der Waals surface area contributed by atoms with Crippen molar-refractivity contribution in [3.63, 3.8) is 0 Å². The van der Waals surface area contributed by atoms with Crippen molar-refractivity contribution in [1.29, 1.82) is 0 Å². The molecule has 0 amide bonds. The third kappa shape index (κ3) is 0.544. The number of nitrogens with one attached hydrogen (secondary N) is 2. The number of nitrogens with zero attached hydrogens (tertiary/aromatic N) is 2. The van der Waals surface area contributed by atoms with E-state index in [1.54, 1.807) is 0 Å². The molecule has 3 aliphatic rings. The molecule has 0 aromatic carbocycles. The van der Waals surface area contributed by atoms with Crippen LogP contribution in [0, 0.1) is 0 Å². The van der Waals surface area contributed by atoms with Crippen molar-refractivity contribution in [2.24, 2.45) is 0 Å². The van der Waals surface area contributed by atoms with E-state index in [4.69, 9.17) is 0 Å². The van der Waals surface area contributed by atoms with Gasteiger partial charge in [0, 0.05) is 31.2 Å². The highest BCUT2D eigenvalue weighted by Crippen LogP contribution is 2.27. The Morgan fingerprint density at radius 3 is 2.09 bits per heavy atom. The Labute approximate surface area is 65.1 Å². The summed E-state index contributed by atoms with van der Waals surface area (Å²) in [5, 5.41) is 11.0. The first kappa shape index (κ1) is 5.35. The minimum absolute atomic E-state index is 0.470. The third-order valence-corrected chi connectivity index (χ3v) is 2.38. The molecular weight excluding hydrogens is 140 g/mol. The summed E-state index contributed by atoms with van der Waals surface area (Å²) in [7, 11) is 0. The second kappa shape index (κ2) is 1.64. The predicted octanol–water partition coefficient (Wildman–Crippen LogP) is -0.290. The Kier molecular flexibility index (Phi) is 0.796. The van der Waals surface area contributed by atoms with E-state index in [1.807, 2.05) is 12.4 Å². The fourth-order valence-electron chi connectivity index (χ4n) is 1.86. The average molecular weight is 150 g/mol. The van der Waals surface area contributed by atoms with E-state index in [9.17, 15) is 0 Å². The van der Waals surface area contributed by atoms with Crippen LogP contribution in [0.1, 0.15) is 6.42 Å². The summed E-state index contributed by atoms with van der Waals surface area (Å²) in [6.45, 7) is 0. The molecule has 0 aromatic rings. The fraction of sp³-hybridized carbons (Fsp3) is 0.429. The molecule has 0 bridgehead atoms. The van der Waals surface area contributed by atoms with Crippen molar-refractivity contribution in [1.82, 2.24) is 20.7 Å². The van der Waals surface area contributed by atoms with Gasteiger partial charge >= 0.3 is 0 Å². The molecule has 3 heterocycles. The molecule has 2 unspecified atom stereocenters. The highest BCUT2D eigenvalue weighted by molar-refractivity contribution is 5.06. The first-order valence-electron chi connectivity index (χ1n) is 3.87. The lowest BCUT2D eigenvalue weighted by Gasteiger charge is -2.25. The summed E-state index contributed by atoms with van der Waals surface area (Å²) in [5.74, 6) is 0. The van der Waals surface area contributed by atoms with Crippen molar-refractivity contribution in [2.45, 2.75) is 18.8 Å². The maximum atomic E-state index is 3.28. The maximum Gasteiger partial charge on any atom is 0.122 e. The van der Waals surface area contributed by atoms with Crippen LogP contribution in [-0.4, -0.2) is 22.3 Å². The van der Waals surface area contributed by atoms with E-state index >= 15 is 0 Å². The van der Waals surface area contributed by atoms with Crippen LogP contribution in [0.25, 0.3) is 0 Å². The highest BCUT2D eigenvalue weighted by Gasteiger charge is 2.38. The second-order valence-electron chi connectivity index (χ2n) is 2.99. The fourth-order valence-corrected chi connectivity index (χ4v) is 1.86. The van der Waals surface area contributed by atoms with E-state index in [0.717, 1.165) is 6.42 Å². The summed E-state index contributed by atoms with van der Waals surface area (Å²) in [6.07, 6.45) is 10.2. The van der Waals surface area contributed by atoms with Crippen LogP contribution in [0.15, 0.2) is 24.8 Å². The van der Waals surface area contributed by atoms with Gasteiger partial charge in [0.2, 0.25) is 0 Å². The van der Waals surface area contributed by atoms with Crippen LogP contribution < -0.4 is 10.6 Å². The van der Waals surface area contributed by atoms with Gasteiger partial charge in [-0.25, -0.2) is 0 Å². The molecule has 0 radical (unpaired) electrons. The smallest absolute Gasteiger partial charge is 0.122 e. The van der Waals surface area contributed by atoms with Gasteiger partial charge in [0.25, 0.3) is 0 Å². The highest BCUT2D eigenvalue weighted by atomic mass is 15.7. The van der Waals surface area contributed by atoms with Crippen molar-refractivity contribution in [3.05, 3.63) is 24.8 Å². The predicted molar refractivity (Wildman–Crippen MR) is 40.4 cm³/mol. The topological polar surface area (TPSA) is 30.5 Å². The lowest BCUT2D eigenvalue weighted by Crippen LogP contribution is -2.36. The molecule has 0 saturated carbocycles. The Bertz CT molecular complexity index is 211. The number of fused-ring (bicyclic) bond motifs is 3. The summed E-state index contributed by atoms with van der Waals surface area (Å²) in [5.41, 5.74) is 0. The minimum atomic E-state index is 0.470. The van der Waals surface area contributed by atoms with Gasteiger partial charge in [-0.15, -0.1) is 0 Å². The van der Waals surface area contributed by atoms with Crippen LogP contribution in [0.3, 0.4) is 0 Å². The van der Waals surface area contributed by atoms with Gasteiger partial charge in [0.15, 0.2) is 0 Å². The van der Waals surface area contributed by atoms with E-state index < -0.39 is 0 Å². The number of hydrazine groups is 1. The molecule has 1 saturated heterocycles. The first-order chi connectivity index (χ1) is 5.45. The minimum Gasteiger partial charge on any atom is -0.368 e. The standard InChI is InChI=1S/C7H10N4/c1-3-10-6(8-1)5-7-9-2-4-11(7)10/h1-4,6-9H,5H2. The van der Waals surface area contributed by atoms with Crippen LogP contribution >= 0.6 is 0 Å². The Hall–Kier alpha value is -1.32. The van der Waals surface area contributed by atoms with Crippen LogP contribution in [0.5, 0.6) is 0 Å². The van der Waals surface area contributed by atoms with Crippen LogP contribution in [0.2, 0.25) is 0 Å². The van der Waals surface area contributed by atoms with Crippen molar-refractivity contribution in [2.75, 3.05) is 0 Å². The molecule has 3 aliphatic heterocycles. The lowest BCUT2D eigenvalue weighted by atomic mass is 10.3. The van der Waals surface area contributed by atoms with Gasteiger partial charge in [0.05, 0.1) is 0 Å². The largest absolute Gasteiger partial charge is 0.368 e. The Morgan fingerprint density at radius 1 is 1.00 bits per heavy atom. The summed E-state index contributed by atoms with van der Waals surface area (Å²) in [4.78, 5) is 0. The van der Waals surface area contributed by atoms with Crippen molar-refractivity contribution >= 4 is 0 Å². The molecule has 11 heavy (non-hydrogen) atoms. The average Bonchev–Trinajstić information content (AvgIpc) is 2.52. The second-order valence-corrected chi connectivity index (χ2v) is 2.99. The zero-order valence-electron chi connectivity index (χ0n) is 6.07.